The molecule has 1 aliphatic heterocycles. The molecule has 2 rings (SSSR count). The van der Waals surface area contributed by atoms with Crippen molar-refractivity contribution in [3.8, 4) is 0 Å². The first kappa shape index (κ1) is 16.0. The zero-order chi connectivity index (χ0) is 14.6. The predicted molar refractivity (Wildman–Crippen MR) is 88.9 cm³/mol. The molecule has 1 saturated heterocycles. The average molecular weight is 333 g/mol. The van der Waals surface area contributed by atoms with Gasteiger partial charge in [0.1, 0.15) is 0 Å². The molecule has 1 aromatic carbocycles. The summed E-state index contributed by atoms with van der Waals surface area (Å²) in [6.45, 7) is 3.35. The van der Waals surface area contributed by atoms with Crippen molar-refractivity contribution in [1.29, 1.82) is 0 Å². The van der Waals surface area contributed by atoms with Crippen LogP contribution in [0.1, 0.15) is 6.92 Å². The summed E-state index contributed by atoms with van der Waals surface area (Å²) in [5, 5.41) is 0.389. The molecule has 0 radical (unpaired) electrons. The first-order valence-corrected chi connectivity index (χ1v) is 10.2. The van der Waals surface area contributed by atoms with Crippen molar-refractivity contribution in [3.63, 3.8) is 0 Å². The smallest absolute Gasteiger partial charge is 0.214 e. The van der Waals surface area contributed by atoms with Gasteiger partial charge in [0, 0.05) is 40.4 Å². The number of anilines is 1. The summed E-state index contributed by atoms with van der Waals surface area (Å²) in [5.41, 5.74) is 6.41. The Morgan fingerprint density at radius 2 is 2.30 bits per heavy atom. The summed E-state index contributed by atoms with van der Waals surface area (Å²) in [4.78, 5) is 1.02. The summed E-state index contributed by atoms with van der Waals surface area (Å²) in [6.07, 6.45) is 0. The number of thioether (sulfide) groups is 2. The molecule has 1 unspecified atom stereocenters. The fraction of sp³-hybridized carbons (Fsp3) is 0.538. The van der Waals surface area contributed by atoms with E-state index >= 15 is 0 Å². The first-order valence-electron chi connectivity index (χ1n) is 6.55. The molecule has 1 aliphatic rings. The third-order valence-electron chi connectivity index (χ3n) is 3.07. The van der Waals surface area contributed by atoms with Crippen LogP contribution in [0.25, 0.3) is 0 Å². The molecular formula is C13H20N2O2S3. The van der Waals surface area contributed by atoms with Crippen LogP contribution in [-0.2, 0) is 10.0 Å². The second-order valence-electron chi connectivity index (χ2n) is 4.78. The van der Waals surface area contributed by atoms with Gasteiger partial charge in [0.2, 0.25) is 10.0 Å². The van der Waals surface area contributed by atoms with E-state index in [1.165, 1.54) is 11.8 Å². The number of hydrogen-bond donors (Lipinski definition) is 1. The molecule has 0 saturated carbocycles. The molecule has 0 aliphatic carbocycles. The van der Waals surface area contributed by atoms with Crippen LogP contribution in [0, 0.1) is 0 Å². The van der Waals surface area contributed by atoms with Gasteiger partial charge in [0.15, 0.2) is 0 Å². The van der Waals surface area contributed by atoms with Crippen molar-refractivity contribution in [3.05, 3.63) is 24.3 Å². The highest BCUT2D eigenvalue weighted by Crippen LogP contribution is 2.23. The summed E-state index contributed by atoms with van der Waals surface area (Å²) in [6, 6.07) is 7.54. The molecule has 2 N–H and O–H groups in total. The number of sulfonamides is 1. The Morgan fingerprint density at radius 3 is 3.00 bits per heavy atom. The molecule has 1 heterocycles. The molecule has 0 amide bonds. The summed E-state index contributed by atoms with van der Waals surface area (Å²) < 4.78 is 26.2. The highest BCUT2D eigenvalue weighted by molar-refractivity contribution is 8.01. The van der Waals surface area contributed by atoms with Crippen LogP contribution >= 0.6 is 23.5 Å². The summed E-state index contributed by atoms with van der Waals surface area (Å²) >= 11 is 3.37. The van der Waals surface area contributed by atoms with Crippen LogP contribution in [0.2, 0.25) is 0 Å². The van der Waals surface area contributed by atoms with Gasteiger partial charge in [-0.05, 0) is 18.2 Å². The van der Waals surface area contributed by atoms with Gasteiger partial charge < -0.3 is 5.73 Å². The van der Waals surface area contributed by atoms with Gasteiger partial charge >= 0.3 is 0 Å². The van der Waals surface area contributed by atoms with Gasteiger partial charge in [-0.25, -0.2) is 8.42 Å². The second-order valence-corrected chi connectivity index (χ2v) is 9.58. The van der Waals surface area contributed by atoms with E-state index in [1.54, 1.807) is 4.31 Å². The van der Waals surface area contributed by atoms with E-state index in [1.807, 2.05) is 36.0 Å². The van der Waals surface area contributed by atoms with Crippen molar-refractivity contribution >= 4 is 39.2 Å². The molecule has 1 atom stereocenters. The lowest BCUT2D eigenvalue weighted by Gasteiger charge is -2.29. The predicted octanol–water partition coefficient (Wildman–Crippen LogP) is 2.13. The molecular weight excluding hydrogens is 312 g/mol. The molecule has 7 heteroatoms. The van der Waals surface area contributed by atoms with Gasteiger partial charge in [0.05, 0.1) is 5.75 Å². The Kier molecular flexibility index (Phi) is 5.65. The molecule has 0 aromatic heterocycles. The second kappa shape index (κ2) is 7.06. The zero-order valence-electron chi connectivity index (χ0n) is 11.5. The molecule has 112 valence electrons. The van der Waals surface area contributed by atoms with Crippen LogP contribution in [0.15, 0.2) is 29.2 Å². The number of benzene rings is 1. The summed E-state index contributed by atoms with van der Waals surface area (Å²) in [5.74, 6) is 1.64. The maximum atomic E-state index is 12.3. The fourth-order valence-corrected chi connectivity index (χ4v) is 6.14. The van der Waals surface area contributed by atoms with E-state index in [4.69, 9.17) is 5.73 Å². The Hall–Kier alpha value is -0.370. The van der Waals surface area contributed by atoms with E-state index in [0.29, 0.717) is 29.8 Å². The lowest BCUT2D eigenvalue weighted by atomic mass is 10.3. The minimum absolute atomic E-state index is 0.184. The standard InChI is InChI=1S/C13H20N2O2S3/c1-11-10-15(5-6-18-11)20(16,17)8-7-19-13-4-2-3-12(14)9-13/h2-4,9,11H,5-8,10,14H2,1H3. The normalized spacial score (nSPS) is 20.9. The Bertz CT molecular complexity index is 548. The molecule has 20 heavy (non-hydrogen) atoms. The van der Waals surface area contributed by atoms with Gasteiger partial charge in [-0.1, -0.05) is 13.0 Å². The lowest BCUT2D eigenvalue weighted by molar-refractivity contribution is 0.425. The molecule has 0 spiro atoms. The Labute approximate surface area is 129 Å². The SMILES string of the molecule is CC1CN(S(=O)(=O)CCSc2cccc(N)c2)CCS1. The maximum absolute atomic E-state index is 12.3. The highest BCUT2D eigenvalue weighted by atomic mass is 32.2. The maximum Gasteiger partial charge on any atom is 0.214 e. The van der Waals surface area contributed by atoms with E-state index in [0.717, 1.165) is 10.6 Å². The summed E-state index contributed by atoms with van der Waals surface area (Å²) in [7, 11) is -3.13. The Balaban J connectivity index is 1.86. The highest BCUT2D eigenvalue weighted by Gasteiger charge is 2.26. The van der Waals surface area contributed by atoms with Crippen LogP contribution < -0.4 is 5.73 Å². The molecule has 1 aromatic rings. The molecule has 0 bridgehead atoms. The van der Waals surface area contributed by atoms with E-state index in [9.17, 15) is 8.42 Å². The third kappa shape index (κ3) is 4.58. The minimum Gasteiger partial charge on any atom is -0.399 e. The monoisotopic (exact) mass is 332 g/mol. The minimum atomic E-state index is -3.13. The first-order chi connectivity index (χ1) is 9.47. The fourth-order valence-electron chi connectivity index (χ4n) is 2.04. The van der Waals surface area contributed by atoms with Gasteiger partial charge in [0.25, 0.3) is 0 Å². The number of hydrogen-bond acceptors (Lipinski definition) is 5. The van der Waals surface area contributed by atoms with Gasteiger partial charge in [-0.2, -0.15) is 16.1 Å². The quantitative estimate of drug-likeness (QED) is 0.661. The van der Waals surface area contributed by atoms with E-state index in [-0.39, 0.29) is 5.75 Å². The average Bonchev–Trinajstić information content (AvgIpc) is 2.38. The van der Waals surface area contributed by atoms with E-state index < -0.39 is 10.0 Å². The van der Waals surface area contributed by atoms with Crippen LogP contribution in [0.4, 0.5) is 5.69 Å². The lowest BCUT2D eigenvalue weighted by Crippen LogP contribution is -2.42. The van der Waals surface area contributed by atoms with Crippen molar-refractivity contribution < 1.29 is 8.42 Å². The number of nitrogens with two attached hydrogens (primary N) is 1. The van der Waals surface area contributed by atoms with Crippen LogP contribution in [0.5, 0.6) is 0 Å². The Morgan fingerprint density at radius 1 is 1.50 bits per heavy atom. The van der Waals surface area contributed by atoms with Crippen LogP contribution in [0.3, 0.4) is 0 Å². The topological polar surface area (TPSA) is 63.4 Å². The van der Waals surface area contributed by atoms with E-state index in [2.05, 4.69) is 6.92 Å². The number of rotatable bonds is 5. The molecule has 4 nitrogen and oxygen atoms in total. The van der Waals surface area contributed by atoms with Gasteiger partial charge in [-0.3, -0.25) is 0 Å². The van der Waals surface area contributed by atoms with Gasteiger partial charge in [-0.15, -0.1) is 11.8 Å². The van der Waals surface area contributed by atoms with Crippen molar-refractivity contribution in [2.24, 2.45) is 0 Å². The van der Waals surface area contributed by atoms with Crippen LogP contribution in [-0.4, -0.2) is 48.3 Å². The zero-order valence-corrected chi connectivity index (χ0v) is 13.9. The molecule has 1 fully saturated rings. The largest absolute Gasteiger partial charge is 0.399 e. The number of nitrogens with zero attached hydrogens (tertiary/aromatic N) is 1. The van der Waals surface area contributed by atoms with Crippen molar-refractivity contribution in [1.82, 2.24) is 4.31 Å². The van der Waals surface area contributed by atoms with Crippen molar-refractivity contribution in [2.75, 3.05) is 36.1 Å². The van der Waals surface area contributed by atoms with Crippen molar-refractivity contribution in [2.45, 2.75) is 17.1 Å². The third-order valence-corrected chi connectivity index (χ3v) is 7.29. The number of nitrogen functional groups attached to an aromatic ring is 1.